The Hall–Kier alpha value is -1.21. The van der Waals surface area contributed by atoms with Gasteiger partial charge in [0.1, 0.15) is 0 Å². The van der Waals surface area contributed by atoms with Crippen molar-refractivity contribution in [3.05, 3.63) is 47.6 Å². The van der Waals surface area contributed by atoms with Crippen LogP contribution in [0.2, 0.25) is 5.02 Å². The molecule has 1 N–H and O–H groups in total. The van der Waals surface area contributed by atoms with Crippen molar-refractivity contribution in [2.24, 2.45) is 0 Å². The Labute approximate surface area is 88.4 Å². The molecule has 1 aromatic heterocycles. The van der Waals surface area contributed by atoms with Crippen LogP contribution in [0.1, 0.15) is 18.4 Å². The molecule has 1 nitrogen and oxygen atoms in total. The van der Waals surface area contributed by atoms with Crippen LogP contribution in [0.5, 0.6) is 0 Å². The predicted octanol–water partition coefficient (Wildman–Crippen LogP) is 4.11. The van der Waals surface area contributed by atoms with Gasteiger partial charge in [0, 0.05) is 23.0 Å². The summed E-state index contributed by atoms with van der Waals surface area (Å²) < 4.78 is 0. The number of aromatic amines is 1. The van der Waals surface area contributed by atoms with Crippen LogP contribution < -0.4 is 0 Å². The number of fused-ring (bicyclic) bond motifs is 1. The van der Waals surface area contributed by atoms with Crippen LogP contribution in [-0.2, 0) is 0 Å². The van der Waals surface area contributed by atoms with Crippen molar-refractivity contribution >= 4 is 22.5 Å². The highest BCUT2D eigenvalue weighted by Gasteiger charge is 2.10. The molecule has 0 aliphatic rings. The fourth-order valence-corrected chi connectivity index (χ4v) is 1.94. The molecule has 0 amide bonds. The molecule has 0 radical (unpaired) electrons. The molecule has 2 rings (SSSR count). The Kier molecular flexibility index (Phi) is 2.34. The van der Waals surface area contributed by atoms with Gasteiger partial charge in [0.2, 0.25) is 0 Å². The number of H-pyrrole nitrogens is 1. The SMILES string of the molecule is C=CC(C)c1c[nH]c2cccc(Cl)c12. The van der Waals surface area contributed by atoms with Crippen LogP contribution in [0.3, 0.4) is 0 Å². The molecule has 2 heteroatoms. The normalized spacial score (nSPS) is 13.0. The number of hydrogen-bond acceptors (Lipinski definition) is 0. The average molecular weight is 206 g/mol. The minimum atomic E-state index is 0.323. The van der Waals surface area contributed by atoms with Crippen LogP contribution in [0, 0.1) is 0 Å². The van der Waals surface area contributed by atoms with E-state index in [2.05, 4.69) is 18.5 Å². The lowest BCUT2D eigenvalue weighted by Gasteiger charge is -2.04. The van der Waals surface area contributed by atoms with Gasteiger partial charge in [-0.1, -0.05) is 30.7 Å². The van der Waals surface area contributed by atoms with Gasteiger partial charge in [-0.15, -0.1) is 6.58 Å². The van der Waals surface area contributed by atoms with E-state index in [1.54, 1.807) is 0 Å². The summed E-state index contributed by atoms with van der Waals surface area (Å²) in [5.41, 5.74) is 2.29. The van der Waals surface area contributed by atoms with Crippen molar-refractivity contribution in [3.8, 4) is 0 Å². The van der Waals surface area contributed by atoms with Gasteiger partial charge in [-0.05, 0) is 17.7 Å². The van der Waals surface area contributed by atoms with E-state index in [-0.39, 0.29) is 0 Å². The first-order valence-corrected chi connectivity index (χ1v) is 5.00. The number of allylic oxidation sites excluding steroid dienone is 1. The summed E-state index contributed by atoms with van der Waals surface area (Å²) in [6, 6.07) is 5.89. The van der Waals surface area contributed by atoms with Gasteiger partial charge in [0.05, 0.1) is 5.02 Å². The Morgan fingerprint density at radius 2 is 2.29 bits per heavy atom. The van der Waals surface area contributed by atoms with Gasteiger partial charge in [-0.25, -0.2) is 0 Å². The second-order valence-corrected chi connectivity index (χ2v) is 3.84. The first-order valence-electron chi connectivity index (χ1n) is 4.62. The number of halogens is 1. The maximum absolute atomic E-state index is 6.15. The summed E-state index contributed by atoms with van der Waals surface area (Å²) in [7, 11) is 0. The predicted molar refractivity (Wildman–Crippen MR) is 61.9 cm³/mol. The molecule has 0 saturated heterocycles. The molecule has 0 fully saturated rings. The van der Waals surface area contributed by atoms with Crippen molar-refractivity contribution < 1.29 is 0 Å². The number of benzene rings is 1. The van der Waals surface area contributed by atoms with Crippen LogP contribution in [0.4, 0.5) is 0 Å². The minimum absolute atomic E-state index is 0.323. The van der Waals surface area contributed by atoms with Gasteiger partial charge >= 0.3 is 0 Å². The lowest BCUT2D eigenvalue weighted by atomic mass is 10.0. The highest BCUT2D eigenvalue weighted by molar-refractivity contribution is 6.35. The molecular weight excluding hydrogens is 194 g/mol. The lowest BCUT2D eigenvalue weighted by Crippen LogP contribution is -1.85. The van der Waals surface area contributed by atoms with E-state index < -0.39 is 0 Å². The van der Waals surface area contributed by atoms with Gasteiger partial charge in [-0.3, -0.25) is 0 Å². The van der Waals surface area contributed by atoms with Crippen molar-refractivity contribution in [2.45, 2.75) is 12.8 Å². The zero-order valence-corrected chi connectivity index (χ0v) is 8.81. The molecule has 1 atom stereocenters. The molecular formula is C12H12ClN. The molecule has 0 bridgehead atoms. The van der Waals surface area contributed by atoms with Crippen LogP contribution in [0.25, 0.3) is 10.9 Å². The molecule has 0 spiro atoms. The number of nitrogens with one attached hydrogen (secondary N) is 1. The fourth-order valence-electron chi connectivity index (χ4n) is 1.65. The van der Waals surface area contributed by atoms with E-state index in [1.165, 1.54) is 5.56 Å². The van der Waals surface area contributed by atoms with Gasteiger partial charge in [-0.2, -0.15) is 0 Å². The number of hydrogen-bond donors (Lipinski definition) is 1. The molecule has 1 aromatic carbocycles. The molecule has 1 heterocycles. The van der Waals surface area contributed by atoms with Gasteiger partial charge in [0.25, 0.3) is 0 Å². The maximum atomic E-state index is 6.15. The van der Waals surface area contributed by atoms with E-state index in [0.717, 1.165) is 15.9 Å². The quantitative estimate of drug-likeness (QED) is 0.711. The topological polar surface area (TPSA) is 15.8 Å². The minimum Gasteiger partial charge on any atom is -0.361 e. The summed E-state index contributed by atoms with van der Waals surface area (Å²) in [6.07, 6.45) is 3.93. The zero-order chi connectivity index (χ0) is 10.1. The molecule has 1 unspecified atom stereocenters. The summed E-state index contributed by atoms with van der Waals surface area (Å²) in [5, 5.41) is 1.91. The van der Waals surface area contributed by atoms with Crippen LogP contribution >= 0.6 is 11.6 Å². The first-order chi connectivity index (χ1) is 6.74. The molecule has 72 valence electrons. The summed E-state index contributed by atoms with van der Waals surface area (Å²) in [6.45, 7) is 5.91. The highest BCUT2D eigenvalue weighted by atomic mass is 35.5. The molecule has 0 aliphatic carbocycles. The smallest absolute Gasteiger partial charge is 0.0502 e. The van der Waals surface area contributed by atoms with Crippen LogP contribution in [0.15, 0.2) is 37.1 Å². The van der Waals surface area contributed by atoms with Crippen molar-refractivity contribution in [3.63, 3.8) is 0 Å². The van der Waals surface area contributed by atoms with Crippen molar-refractivity contribution in [1.29, 1.82) is 0 Å². The third-order valence-electron chi connectivity index (χ3n) is 2.53. The largest absolute Gasteiger partial charge is 0.361 e. The van der Waals surface area contributed by atoms with Crippen LogP contribution in [-0.4, -0.2) is 4.98 Å². The Bertz CT molecular complexity index is 470. The second kappa shape index (κ2) is 3.50. The number of aromatic nitrogens is 1. The van der Waals surface area contributed by atoms with E-state index in [9.17, 15) is 0 Å². The summed E-state index contributed by atoms with van der Waals surface area (Å²) in [5.74, 6) is 0.323. The highest BCUT2D eigenvalue weighted by Crippen LogP contribution is 2.31. The lowest BCUT2D eigenvalue weighted by molar-refractivity contribution is 0.982. The third kappa shape index (κ3) is 1.34. The Morgan fingerprint density at radius 3 is 3.00 bits per heavy atom. The van der Waals surface area contributed by atoms with E-state index in [4.69, 9.17) is 11.6 Å². The second-order valence-electron chi connectivity index (χ2n) is 3.43. The van der Waals surface area contributed by atoms with E-state index in [0.29, 0.717) is 5.92 Å². The Morgan fingerprint density at radius 1 is 1.50 bits per heavy atom. The summed E-state index contributed by atoms with van der Waals surface area (Å²) in [4.78, 5) is 3.21. The average Bonchev–Trinajstić information content (AvgIpc) is 2.62. The Balaban J connectivity index is 2.72. The first kappa shape index (κ1) is 9.35. The summed E-state index contributed by atoms with van der Waals surface area (Å²) >= 11 is 6.15. The fraction of sp³-hybridized carbons (Fsp3) is 0.167. The molecule has 0 saturated carbocycles. The zero-order valence-electron chi connectivity index (χ0n) is 8.05. The molecule has 0 aliphatic heterocycles. The van der Waals surface area contributed by atoms with Gasteiger partial charge < -0.3 is 4.98 Å². The number of rotatable bonds is 2. The van der Waals surface area contributed by atoms with Crippen molar-refractivity contribution in [2.75, 3.05) is 0 Å². The van der Waals surface area contributed by atoms with E-state index in [1.807, 2.05) is 30.5 Å². The van der Waals surface area contributed by atoms with E-state index >= 15 is 0 Å². The monoisotopic (exact) mass is 205 g/mol. The third-order valence-corrected chi connectivity index (χ3v) is 2.84. The van der Waals surface area contributed by atoms with Crippen molar-refractivity contribution in [1.82, 2.24) is 4.98 Å². The molecule has 2 aromatic rings. The van der Waals surface area contributed by atoms with Gasteiger partial charge in [0.15, 0.2) is 0 Å². The molecule has 14 heavy (non-hydrogen) atoms. The standard InChI is InChI=1S/C12H12ClN/c1-3-8(2)9-7-14-11-6-4-5-10(13)12(9)11/h3-8,14H,1H2,2H3. The maximum Gasteiger partial charge on any atom is 0.0502 e.